The normalized spacial score (nSPS) is 16.9. The summed E-state index contributed by atoms with van der Waals surface area (Å²) in [5, 5.41) is 2.81. The molecule has 1 aliphatic heterocycles. The first-order valence-corrected chi connectivity index (χ1v) is 11.3. The van der Waals surface area contributed by atoms with Crippen molar-refractivity contribution < 1.29 is 14.3 Å². The monoisotopic (exact) mass is 429 g/mol. The highest BCUT2D eigenvalue weighted by molar-refractivity contribution is 7.09. The molecule has 0 spiro atoms. The summed E-state index contributed by atoms with van der Waals surface area (Å²) in [7, 11) is 1.76. The fraction of sp³-hybridized carbons (Fsp3) is 0.522. The number of amides is 2. The number of likely N-dealkylation sites (tertiary alicyclic amines) is 1. The molecule has 0 N–H and O–H groups in total. The van der Waals surface area contributed by atoms with E-state index in [1.54, 1.807) is 11.9 Å². The Bertz CT molecular complexity index is 860. The highest BCUT2D eigenvalue weighted by atomic mass is 32.1. The summed E-state index contributed by atoms with van der Waals surface area (Å²) in [5.74, 6) is 0.220. The maximum absolute atomic E-state index is 13.0. The van der Waals surface area contributed by atoms with E-state index in [0.717, 1.165) is 30.8 Å². The zero-order chi connectivity index (χ0) is 21.7. The molecule has 0 aliphatic carbocycles. The lowest BCUT2D eigenvalue weighted by atomic mass is 9.97. The maximum atomic E-state index is 13.0. The first-order chi connectivity index (χ1) is 14.2. The lowest BCUT2D eigenvalue weighted by molar-refractivity contribution is 0.0244. The molecule has 6 nitrogen and oxygen atoms in total. The van der Waals surface area contributed by atoms with Crippen molar-refractivity contribution in [3.8, 4) is 0 Å². The minimum Gasteiger partial charge on any atom is -0.444 e. The van der Waals surface area contributed by atoms with Crippen LogP contribution in [-0.2, 0) is 11.2 Å². The summed E-state index contributed by atoms with van der Waals surface area (Å²) in [6, 6.07) is 10.2. The van der Waals surface area contributed by atoms with Crippen LogP contribution < -0.4 is 0 Å². The SMILES string of the molecule is CN(CC1CCCN(C(=O)c2csc(Cc3ccccc3)n2)C1)C(=O)OC(C)(C)C. The Labute approximate surface area is 182 Å². The molecule has 2 amide bonds. The zero-order valence-electron chi connectivity index (χ0n) is 18.3. The van der Waals surface area contributed by atoms with E-state index in [1.807, 2.05) is 49.3 Å². The number of aromatic nitrogens is 1. The highest BCUT2D eigenvalue weighted by Crippen LogP contribution is 2.22. The summed E-state index contributed by atoms with van der Waals surface area (Å²) < 4.78 is 5.43. The molecule has 0 saturated carbocycles. The molecule has 1 unspecified atom stereocenters. The van der Waals surface area contributed by atoms with Crippen molar-refractivity contribution in [2.24, 2.45) is 5.92 Å². The molecule has 162 valence electrons. The van der Waals surface area contributed by atoms with Gasteiger partial charge in [-0.25, -0.2) is 9.78 Å². The van der Waals surface area contributed by atoms with Gasteiger partial charge in [-0.15, -0.1) is 11.3 Å². The van der Waals surface area contributed by atoms with Crippen molar-refractivity contribution in [3.05, 3.63) is 52.0 Å². The van der Waals surface area contributed by atoms with Crippen LogP contribution in [0.25, 0.3) is 0 Å². The van der Waals surface area contributed by atoms with Gasteiger partial charge in [0.15, 0.2) is 0 Å². The lowest BCUT2D eigenvalue weighted by Gasteiger charge is -2.34. The molecule has 1 aliphatic rings. The molecule has 30 heavy (non-hydrogen) atoms. The van der Waals surface area contributed by atoms with E-state index in [2.05, 4.69) is 17.1 Å². The molecular formula is C23H31N3O3S. The first-order valence-electron chi connectivity index (χ1n) is 10.4. The first kappa shape index (κ1) is 22.3. The number of thiazole rings is 1. The molecule has 0 bridgehead atoms. The molecule has 1 aromatic carbocycles. The Hall–Kier alpha value is -2.41. The Morgan fingerprint density at radius 3 is 2.70 bits per heavy atom. The van der Waals surface area contributed by atoms with Gasteiger partial charge in [-0.3, -0.25) is 4.79 Å². The van der Waals surface area contributed by atoms with Crippen LogP contribution in [-0.4, -0.2) is 59.1 Å². The number of ether oxygens (including phenoxy) is 1. The third-order valence-electron chi connectivity index (χ3n) is 5.01. The third kappa shape index (κ3) is 6.29. The van der Waals surface area contributed by atoms with Gasteiger partial charge >= 0.3 is 6.09 Å². The Kier molecular flexibility index (Phi) is 7.13. The Balaban J connectivity index is 1.56. The summed E-state index contributed by atoms with van der Waals surface area (Å²) in [6.07, 6.45) is 2.34. The van der Waals surface area contributed by atoms with Crippen LogP contribution in [0.5, 0.6) is 0 Å². The molecule has 3 rings (SSSR count). The van der Waals surface area contributed by atoms with Gasteiger partial charge in [0.2, 0.25) is 0 Å². The van der Waals surface area contributed by atoms with Gasteiger partial charge in [0.05, 0.1) is 5.01 Å². The maximum Gasteiger partial charge on any atom is 0.410 e. The average Bonchev–Trinajstić information content (AvgIpc) is 3.15. The van der Waals surface area contributed by atoms with E-state index >= 15 is 0 Å². The van der Waals surface area contributed by atoms with Crippen molar-refractivity contribution in [1.29, 1.82) is 0 Å². The molecule has 7 heteroatoms. The van der Waals surface area contributed by atoms with Crippen LogP contribution in [0.15, 0.2) is 35.7 Å². The fourth-order valence-corrected chi connectivity index (χ4v) is 4.43. The quantitative estimate of drug-likeness (QED) is 0.704. The van der Waals surface area contributed by atoms with Gasteiger partial charge in [-0.05, 0) is 45.1 Å². The van der Waals surface area contributed by atoms with Crippen molar-refractivity contribution in [1.82, 2.24) is 14.8 Å². The van der Waals surface area contributed by atoms with Gasteiger partial charge in [-0.2, -0.15) is 0 Å². The smallest absolute Gasteiger partial charge is 0.410 e. The number of nitrogens with zero attached hydrogens (tertiary/aromatic N) is 3. The van der Waals surface area contributed by atoms with Gasteiger partial charge in [0, 0.05) is 38.5 Å². The number of rotatable bonds is 5. The summed E-state index contributed by atoms with van der Waals surface area (Å²) in [5.41, 5.74) is 1.20. The summed E-state index contributed by atoms with van der Waals surface area (Å²) in [6.45, 7) is 7.53. The van der Waals surface area contributed by atoms with Gasteiger partial charge < -0.3 is 14.5 Å². The predicted molar refractivity (Wildman–Crippen MR) is 119 cm³/mol. The van der Waals surface area contributed by atoms with Gasteiger partial charge in [0.1, 0.15) is 11.3 Å². The number of hydrogen-bond acceptors (Lipinski definition) is 5. The molecule has 1 saturated heterocycles. The second kappa shape index (κ2) is 9.60. The number of hydrogen-bond donors (Lipinski definition) is 0. The number of carbonyl (C=O) groups is 2. The number of carbonyl (C=O) groups excluding carboxylic acids is 2. The standard InChI is InChI=1S/C23H31N3O3S/c1-23(2,3)29-22(28)25(4)14-18-11-8-12-26(15-18)21(27)19-16-30-20(24-19)13-17-9-6-5-7-10-17/h5-7,9-10,16,18H,8,11-15H2,1-4H3. The Morgan fingerprint density at radius 1 is 1.27 bits per heavy atom. The van der Waals surface area contributed by atoms with Crippen LogP contribution in [0.1, 0.15) is 54.7 Å². The molecule has 2 aromatic rings. The second-order valence-corrected chi connectivity index (χ2v) is 9.85. The Morgan fingerprint density at radius 2 is 2.00 bits per heavy atom. The third-order valence-corrected chi connectivity index (χ3v) is 5.86. The van der Waals surface area contributed by atoms with Crippen LogP contribution in [0.4, 0.5) is 4.79 Å². The van der Waals surface area contributed by atoms with E-state index in [-0.39, 0.29) is 17.9 Å². The van der Waals surface area contributed by atoms with E-state index in [1.165, 1.54) is 16.9 Å². The predicted octanol–water partition coefficient (Wildman–Crippen LogP) is 4.45. The van der Waals surface area contributed by atoms with E-state index in [9.17, 15) is 9.59 Å². The van der Waals surface area contributed by atoms with E-state index in [0.29, 0.717) is 18.8 Å². The van der Waals surface area contributed by atoms with Gasteiger partial charge in [-0.1, -0.05) is 30.3 Å². The molecular weight excluding hydrogens is 398 g/mol. The molecule has 1 atom stereocenters. The van der Waals surface area contributed by atoms with Crippen molar-refractivity contribution >= 4 is 23.3 Å². The zero-order valence-corrected chi connectivity index (χ0v) is 19.1. The minimum absolute atomic E-state index is 0.0183. The number of benzene rings is 1. The molecule has 2 heterocycles. The summed E-state index contributed by atoms with van der Waals surface area (Å²) in [4.78, 5) is 33.3. The number of piperidine rings is 1. The summed E-state index contributed by atoms with van der Waals surface area (Å²) >= 11 is 1.53. The average molecular weight is 430 g/mol. The lowest BCUT2D eigenvalue weighted by Crippen LogP contribution is -2.45. The van der Waals surface area contributed by atoms with Crippen molar-refractivity contribution in [2.75, 3.05) is 26.7 Å². The van der Waals surface area contributed by atoms with Crippen LogP contribution in [0.2, 0.25) is 0 Å². The van der Waals surface area contributed by atoms with Crippen molar-refractivity contribution in [3.63, 3.8) is 0 Å². The van der Waals surface area contributed by atoms with Crippen LogP contribution in [0.3, 0.4) is 0 Å². The second-order valence-electron chi connectivity index (χ2n) is 8.91. The fourth-order valence-electron chi connectivity index (χ4n) is 3.62. The van der Waals surface area contributed by atoms with Crippen LogP contribution >= 0.6 is 11.3 Å². The molecule has 0 radical (unpaired) electrons. The topological polar surface area (TPSA) is 62.7 Å². The molecule has 1 aromatic heterocycles. The minimum atomic E-state index is -0.512. The van der Waals surface area contributed by atoms with E-state index in [4.69, 9.17) is 4.74 Å². The largest absolute Gasteiger partial charge is 0.444 e. The van der Waals surface area contributed by atoms with E-state index < -0.39 is 5.60 Å². The van der Waals surface area contributed by atoms with Gasteiger partial charge in [0.25, 0.3) is 5.91 Å². The highest BCUT2D eigenvalue weighted by Gasteiger charge is 2.28. The van der Waals surface area contributed by atoms with Crippen molar-refractivity contribution in [2.45, 2.75) is 45.6 Å². The van der Waals surface area contributed by atoms with Crippen LogP contribution in [0, 0.1) is 5.92 Å². The molecule has 1 fully saturated rings.